The molecule has 0 heterocycles. The van der Waals surface area contributed by atoms with Gasteiger partial charge in [0.25, 0.3) is 0 Å². The second kappa shape index (κ2) is 35.9. The molecule has 0 unspecified atom stereocenters. The van der Waals surface area contributed by atoms with Crippen molar-refractivity contribution >= 4 is 0 Å². The van der Waals surface area contributed by atoms with Gasteiger partial charge in [0.05, 0.1) is 0 Å². The predicted octanol–water partition coefficient (Wildman–Crippen LogP) is 10.5. The molecule has 3 N–H and O–H groups in total. The lowest BCUT2D eigenvalue weighted by molar-refractivity contribution is 0.125. The predicted molar refractivity (Wildman–Crippen MR) is 168 cm³/mol. The maximum Gasteiger partial charge on any atom is 0.0466 e. The van der Waals surface area contributed by atoms with Gasteiger partial charge >= 0.3 is 0 Å². The van der Waals surface area contributed by atoms with Gasteiger partial charge in [-0.3, -0.25) is 0 Å². The Hall–Kier alpha value is -0.120. The lowest BCUT2D eigenvalue weighted by Crippen LogP contribution is -2.16. The molecule has 0 aromatic rings. The van der Waals surface area contributed by atoms with E-state index in [1.54, 1.807) is 0 Å². The van der Waals surface area contributed by atoms with Gasteiger partial charge in [-0.1, -0.05) is 155 Å². The highest BCUT2D eigenvalue weighted by molar-refractivity contribution is 4.53. The van der Waals surface area contributed by atoms with Crippen LogP contribution in [0.25, 0.3) is 0 Å². The highest BCUT2D eigenvalue weighted by Crippen LogP contribution is 2.14. The fourth-order valence-electron chi connectivity index (χ4n) is 5.24. The van der Waals surface area contributed by atoms with E-state index in [0.717, 1.165) is 19.8 Å². The van der Waals surface area contributed by atoms with Crippen molar-refractivity contribution in [3.63, 3.8) is 0 Å². The van der Waals surface area contributed by atoms with E-state index in [1.165, 1.54) is 193 Å². The summed E-state index contributed by atoms with van der Waals surface area (Å²) in [5, 5.41) is 3.62. The molecule has 0 atom stereocenters. The molecule has 0 saturated carbocycles. The molecule has 3 nitrogen and oxygen atoms in total. The number of nitrogens with one attached hydrogen (secondary N) is 1. The largest absolute Gasteiger partial charge is 0.381 e. The fraction of sp³-hybridized carbons (Fsp3) is 1.00. The van der Waals surface area contributed by atoms with E-state index in [2.05, 4.69) is 12.2 Å². The Morgan fingerprint density at radius 2 is 0.676 bits per heavy atom. The molecular weight excluding hydrogens is 452 g/mol. The summed E-state index contributed by atoms with van der Waals surface area (Å²) in [7, 11) is 0. The summed E-state index contributed by atoms with van der Waals surface area (Å²) in [5.41, 5.74) is 5.53. The number of hydrogen-bond donors (Lipinski definition) is 2. The third kappa shape index (κ3) is 35.9. The lowest BCUT2D eigenvalue weighted by atomic mass is 10.0. The van der Waals surface area contributed by atoms with Crippen LogP contribution in [-0.4, -0.2) is 32.8 Å². The first kappa shape index (κ1) is 36.9. The van der Waals surface area contributed by atoms with Crippen LogP contribution in [0.1, 0.15) is 187 Å². The minimum atomic E-state index is 0.860. The summed E-state index contributed by atoms with van der Waals surface area (Å²) < 4.78 is 5.85. The number of hydrogen-bond acceptors (Lipinski definition) is 3. The van der Waals surface area contributed by atoms with Crippen LogP contribution in [0, 0.1) is 0 Å². The van der Waals surface area contributed by atoms with Gasteiger partial charge in [-0.05, 0) is 51.7 Å². The van der Waals surface area contributed by atoms with Crippen LogP contribution in [0.4, 0.5) is 0 Å². The van der Waals surface area contributed by atoms with E-state index >= 15 is 0 Å². The summed E-state index contributed by atoms with van der Waals surface area (Å²) in [6.45, 7) is 7.51. The Morgan fingerprint density at radius 3 is 1.03 bits per heavy atom. The number of ether oxygens (including phenoxy) is 1. The number of nitrogens with two attached hydrogens (primary N) is 1. The monoisotopic (exact) mass is 525 g/mol. The van der Waals surface area contributed by atoms with E-state index in [4.69, 9.17) is 10.5 Å². The summed E-state index contributed by atoms with van der Waals surface area (Å²) >= 11 is 0. The van der Waals surface area contributed by atoms with Crippen molar-refractivity contribution in [1.29, 1.82) is 0 Å². The van der Waals surface area contributed by atoms with Gasteiger partial charge in [0, 0.05) is 13.2 Å². The maximum atomic E-state index is 5.85. The first-order chi connectivity index (χ1) is 18.4. The van der Waals surface area contributed by atoms with Crippen molar-refractivity contribution < 1.29 is 4.74 Å². The number of rotatable bonds is 34. The highest BCUT2D eigenvalue weighted by atomic mass is 16.5. The zero-order chi connectivity index (χ0) is 26.7. The summed E-state index contributed by atoms with van der Waals surface area (Å²) in [6.07, 6.45) is 39.0. The first-order valence-electron chi connectivity index (χ1n) is 17.4. The second-order valence-corrected chi connectivity index (χ2v) is 11.7. The minimum Gasteiger partial charge on any atom is -0.381 e. The molecule has 0 bridgehead atoms. The molecule has 0 fully saturated rings. The lowest BCUT2D eigenvalue weighted by Gasteiger charge is -2.06. The fourth-order valence-corrected chi connectivity index (χ4v) is 5.24. The molecule has 0 spiro atoms. The van der Waals surface area contributed by atoms with E-state index in [1.807, 2.05) is 0 Å². The van der Waals surface area contributed by atoms with E-state index in [-0.39, 0.29) is 0 Å². The molecule has 0 radical (unpaired) electrons. The van der Waals surface area contributed by atoms with Crippen LogP contribution < -0.4 is 11.1 Å². The highest BCUT2D eigenvalue weighted by Gasteiger charge is 1.96. The van der Waals surface area contributed by atoms with Gasteiger partial charge in [-0.2, -0.15) is 0 Å². The van der Waals surface area contributed by atoms with Gasteiger partial charge in [0.15, 0.2) is 0 Å². The molecule has 3 heteroatoms. The molecule has 0 saturated heterocycles. The molecule has 0 rings (SSSR count). The molecule has 224 valence electrons. The normalized spacial score (nSPS) is 11.5. The maximum absolute atomic E-state index is 5.85. The van der Waals surface area contributed by atoms with E-state index < -0.39 is 0 Å². The Kier molecular flexibility index (Phi) is 35.8. The average Bonchev–Trinajstić information content (AvgIpc) is 2.91. The van der Waals surface area contributed by atoms with Crippen LogP contribution in [0.3, 0.4) is 0 Å². The summed E-state index contributed by atoms with van der Waals surface area (Å²) in [6, 6.07) is 0. The van der Waals surface area contributed by atoms with Gasteiger partial charge in [-0.25, -0.2) is 0 Å². The van der Waals surface area contributed by atoms with Crippen molar-refractivity contribution in [3.8, 4) is 0 Å². The average molecular weight is 525 g/mol. The first-order valence-corrected chi connectivity index (χ1v) is 17.4. The van der Waals surface area contributed by atoms with E-state index in [9.17, 15) is 0 Å². The Labute approximate surface area is 235 Å². The molecule has 37 heavy (non-hydrogen) atoms. The van der Waals surface area contributed by atoms with Gasteiger partial charge < -0.3 is 15.8 Å². The third-order valence-corrected chi connectivity index (χ3v) is 7.84. The van der Waals surface area contributed by atoms with Gasteiger partial charge in [0.2, 0.25) is 0 Å². The van der Waals surface area contributed by atoms with E-state index in [0.29, 0.717) is 0 Å². The zero-order valence-electron chi connectivity index (χ0n) is 25.8. The van der Waals surface area contributed by atoms with Crippen LogP contribution in [0.5, 0.6) is 0 Å². The Balaban J connectivity index is 3.00. The summed E-state index contributed by atoms with van der Waals surface area (Å²) in [4.78, 5) is 0. The smallest absolute Gasteiger partial charge is 0.0466 e. The van der Waals surface area contributed by atoms with Crippen molar-refractivity contribution in [1.82, 2.24) is 5.32 Å². The number of unbranched alkanes of at least 4 members (excludes halogenated alkanes) is 25. The van der Waals surface area contributed by atoms with Crippen LogP contribution >= 0.6 is 0 Å². The summed E-state index contributed by atoms with van der Waals surface area (Å²) in [5.74, 6) is 0. The quantitative estimate of drug-likeness (QED) is 0.0823. The molecule has 0 amide bonds. The molecular formula is C34H72N2O. The third-order valence-electron chi connectivity index (χ3n) is 7.84. The van der Waals surface area contributed by atoms with Crippen molar-refractivity contribution in [2.24, 2.45) is 5.73 Å². The van der Waals surface area contributed by atoms with Crippen LogP contribution in [0.15, 0.2) is 0 Å². The minimum absolute atomic E-state index is 0.860. The zero-order valence-corrected chi connectivity index (χ0v) is 25.8. The standard InChI is InChI=1S/C34H72N2O/c1-2-3-4-5-6-7-8-9-10-11-12-13-16-19-23-28-33-37-34-29-24-22-27-32-36-31-26-21-18-15-14-17-20-25-30-35/h36H,2-35H2,1H3. The molecule has 0 aliphatic rings. The SMILES string of the molecule is CCCCCCCCCCCCCCCCCCOCCCCCCNCCCCCCCCCCN. The van der Waals surface area contributed by atoms with Crippen molar-refractivity contribution in [2.75, 3.05) is 32.8 Å². The van der Waals surface area contributed by atoms with Crippen molar-refractivity contribution in [2.45, 2.75) is 187 Å². The molecule has 0 aliphatic heterocycles. The molecule has 0 aromatic heterocycles. The molecule has 0 aromatic carbocycles. The second-order valence-electron chi connectivity index (χ2n) is 11.7. The Morgan fingerprint density at radius 1 is 0.378 bits per heavy atom. The molecule has 0 aliphatic carbocycles. The van der Waals surface area contributed by atoms with Gasteiger partial charge in [0.1, 0.15) is 0 Å². The van der Waals surface area contributed by atoms with Crippen LogP contribution in [-0.2, 0) is 4.74 Å². The van der Waals surface area contributed by atoms with Gasteiger partial charge in [-0.15, -0.1) is 0 Å². The topological polar surface area (TPSA) is 47.3 Å². The van der Waals surface area contributed by atoms with Crippen molar-refractivity contribution in [3.05, 3.63) is 0 Å². The Bertz CT molecular complexity index is 343. The van der Waals surface area contributed by atoms with Crippen LogP contribution in [0.2, 0.25) is 0 Å².